The molecule has 0 atom stereocenters. The average Bonchev–Trinajstić information content (AvgIpc) is 2.29. The zero-order chi connectivity index (χ0) is 17.1. The van der Waals surface area contributed by atoms with Crippen molar-refractivity contribution in [2.45, 2.75) is 17.0 Å². The number of nitrogens with one attached hydrogen (secondary N) is 1. The van der Waals surface area contributed by atoms with Crippen molar-refractivity contribution in [3.63, 3.8) is 0 Å². The minimum absolute atomic E-state index is 0. The smallest absolute Gasteiger partial charge is 0.214 e. The Kier molecular flexibility index (Phi) is 7.53. The fourth-order valence-electron chi connectivity index (χ4n) is 2.10. The standard InChI is InChI=1S/C9H13N3O2S.C3H8N2O2S.ClH/c10-15(13,14)9-6-12(7-9)5-8-1-3-11-4-2-8;4-8(6,7)3-1-5-2-3;/h1-4,9H,5-7H2,(H2,10,13,14);3,5H,1-2H2,(H2,4,6,7);1H. The molecule has 0 saturated carbocycles. The molecular weight excluding hydrogens is 378 g/mol. The van der Waals surface area contributed by atoms with Gasteiger partial charge in [0.25, 0.3) is 0 Å². The van der Waals surface area contributed by atoms with Crippen molar-refractivity contribution in [1.82, 2.24) is 15.2 Å². The van der Waals surface area contributed by atoms with E-state index in [9.17, 15) is 16.8 Å². The lowest BCUT2D eigenvalue weighted by Crippen LogP contribution is -2.55. The number of likely N-dealkylation sites (tertiary alicyclic amines) is 1. The van der Waals surface area contributed by atoms with Gasteiger partial charge in [-0.15, -0.1) is 12.4 Å². The van der Waals surface area contributed by atoms with Crippen LogP contribution in [0, 0.1) is 0 Å². The predicted molar refractivity (Wildman–Crippen MR) is 93.4 cm³/mol. The number of primary sulfonamides is 2. The summed E-state index contributed by atoms with van der Waals surface area (Å²) in [5.41, 5.74) is 1.14. The van der Waals surface area contributed by atoms with Gasteiger partial charge in [0.2, 0.25) is 20.0 Å². The van der Waals surface area contributed by atoms with E-state index >= 15 is 0 Å². The van der Waals surface area contributed by atoms with E-state index < -0.39 is 20.0 Å². The molecule has 2 fully saturated rings. The monoisotopic (exact) mass is 399 g/mol. The summed E-state index contributed by atoms with van der Waals surface area (Å²) in [6.07, 6.45) is 3.46. The van der Waals surface area contributed by atoms with Crippen LogP contribution in [-0.4, -0.2) is 63.4 Å². The third-order valence-electron chi connectivity index (χ3n) is 3.75. The Labute approximate surface area is 148 Å². The second-order valence-electron chi connectivity index (χ2n) is 5.63. The minimum atomic E-state index is -3.35. The van der Waals surface area contributed by atoms with Crippen LogP contribution < -0.4 is 15.6 Å². The topological polar surface area (TPSA) is 148 Å². The van der Waals surface area contributed by atoms with Crippen molar-refractivity contribution in [2.75, 3.05) is 26.2 Å². The van der Waals surface area contributed by atoms with Gasteiger partial charge in [-0.2, -0.15) is 0 Å². The van der Waals surface area contributed by atoms with Gasteiger partial charge in [0.05, 0.1) is 5.25 Å². The molecule has 5 N–H and O–H groups in total. The number of hydrogen-bond acceptors (Lipinski definition) is 7. The number of aromatic nitrogens is 1. The van der Waals surface area contributed by atoms with Gasteiger partial charge in [0.15, 0.2) is 0 Å². The highest BCUT2D eigenvalue weighted by Gasteiger charge is 2.34. The number of halogens is 1. The van der Waals surface area contributed by atoms with Crippen molar-refractivity contribution < 1.29 is 16.8 Å². The first-order chi connectivity index (χ1) is 10.7. The number of nitrogens with zero attached hydrogens (tertiary/aromatic N) is 2. The van der Waals surface area contributed by atoms with Crippen LogP contribution in [0.4, 0.5) is 0 Å². The van der Waals surface area contributed by atoms with E-state index in [-0.39, 0.29) is 22.9 Å². The van der Waals surface area contributed by atoms with Crippen LogP contribution >= 0.6 is 12.4 Å². The van der Waals surface area contributed by atoms with E-state index in [1.54, 1.807) is 12.4 Å². The van der Waals surface area contributed by atoms with Gasteiger partial charge in [-0.05, 0) is 17.7 Å². The maximum atomic E-state index is 11.0. The van der Waals surface area contributed by atoms with Crippen LogP contribution in [0.2, 0.25) is 0 Å². The zero-order valence-electron chi connectivity index (χ0n) is 12.9. The van der Waals surface area contributed by atoms with Crippen LogP contribution in [0.25, 0.3) is 0 Å². The molecule has 0 bridgehead atoms. The summed E-state index contributed by atoms with van der Waals surface area (Å²) in [6.45, 7) is 2.84. The van der Waals surface area contributed by atoms with Crippen molar-refractivity contribution >= 4 is 32.5 Å². The van der Waals surface area contributed by atoms with Crippen LogP contribution in [0.5, 0.6) is 0 Å². The van der Waals surface area contributed by atoms with Crippen LogP contribution in [-0.2, 0) is 26.6 Å². The molecule has 0 unspecified atom stereocenters. The SMILES string of the molecule is Cl.NS(=O)(=O)C1CN(Cc2ccncc2)C1.NS(=O)(=O)C1CNC1. The van der Waals surface area contributed by atoms with E-state index in [4.69, 9.17) is 10.3 Å². The lowest BCUT2D eigenvalue weighted by Gasteiger charge is -2.37. The Hall–Kier alpha value is -0.820. The van der Waals surface area contributed by atoms with Crippen LogP contribution in [0.15, 0.2) is 24.5 Å². The first kappa shape index (κ1) is 21.2. The van der Waals surface area contributed by atoms with Crippen LogP contribution in [0.3, 0.4) is 0 Å². The number of hydrogen-bond donors (Lipinski definition) is 3. The molecule has 9 nitrogen and oxygen atoms in total. The summed E-state index contributed by atoms with van der Waals surface area (Å²) in [5.74, 6) is 0. The number of pyridine rings is 1. The van der Waals surface area contributed by atoms with E-state index in [1.165, 1.54) is 0 Å². The minimum Gasteiger partial charge on any atom is -0.314 e. The lowest BCUT2D eigenvalue weighted by atomic mass is 10.1. The summed E-state index contributed by atoms with van der Waals surface area (Å²) in [6, 6.07) is 3.84. The third-order valence-corrected chi connectivity index (χ3v) is 6.24. The summed E-state index contributed by atoms with van der Waals surface area (Å²) in [5, 5.41) is 11.9. The highest BCUT2D eigenvalue weighted by molar-refractivity contribution is 7.90. The molecule has 2 aliphatic heterocycles. The number of sulfonamides is 2. The molecule has 0 spiro atoms. The molecule has 3 heterocycles. The van der Waals surface area contributed by atoms with Crippen molar-refractivity contribution in [1.29, 1.82) is 0 Å². The molecule has 12 heteroatoms. The Balaban J connectivity index is 0.000000273. The Morgan fingerprint density at radius 3 is 1.88 bits per heavy atom. The average molecular weight is 400 g/mol. The molecule has 0 amide bonds. The Morgan fingerprint density at radius 1 is 1.04 bits per heavy atom. The van der Waals surface area contributed by atoms with Gasteiger partial charge in [-0.1, -0.05) is 0 Å². The molecule has 138 valence electrons. The summed E-state index contributed by atoms with van der Waals surface area (Å²) < 4.78 is 42.6. The maximum absolute atomic E-state index is 11.0. The van der Waals surface area contributed by atoms with E-state index in [2.05, 4.69) is 10.3 Å². The molecule has 0 aromatic carbocycles. The molecular formula is C12H22ClN5O4S2. The highest BCUT2D eigenvalue weighted by Crippen LogP contribution is 2.16. The van der Waals surface area contributed by atoms with Gasteiger partial charge >= 0.3 is 0 Å². The maximum Gasteiger partial charge on any atom is 0.214 e. The molecule has 24 heavy (non-hydrogen) atoms. The van der Waals surface area contributed by atoms with Gasteiger partial charge < -0.3 is 5.32 Å². The van der Waals surface area contributed by atoms with Gasteiger partial charge in [-0.3, -0.25) is 9.88 Å². The quantitative estimate of drug-likeness (QED) is 0.542. The first-order valence-corrected chi connectivity index (χ1v) is 10.2. The van der Waals surface area contributed by atoms with Crippen molar-refractivity contribution in [3.05, 3.63) is 30.1 Å². The summed E-state index contributed by atoms with van der Waals surface area (Å²) in [7, 11) is -6.57. The molecule has 0 aliphatic carbocycles. The largest absolute Gasteiger partial charge is 0.314 e. The molecule has 1 aromatic rings. The van der Waals surface area contributed by atoms with Gasteiger partial charge in [-0.25, -0.2) is 27.1 Å². The van der Waals surface area contributed by atoms with Crippen molar-refractivity contribution in [3.8, 4) is 0 Å². The molecule has 2 aliphatic rings. The molecule has 1 aromatic heterocycles. The van der Waals surface area contributed by atoms with Gasteiger partial charge in [0.1, 0.15) is 5.25 Å². The third kappa shape index (κ3) is 6.24. The molecule has 0 radical (unpaired) electrons. The highest BCUT2D eigenvalue weighted by atomic mass is 35.5. The lowest BCUT2D eigenvalue weighted by molar-refractivity contribution is 0.176. The Morgan fingerprint density at radius 2 is 1.54 bits per heavy atom. The summed E-state index contributed by atoms with van der Waals surface area (Å²) in [4.78, 5) is 5.96. The van der Waals surface area contributed by atoms with E-state index in [1.807, 2.05) is 17.0 Å². The fraction of sp³-hybridized carbons (Fsp3) is 0.583. The van der Waals surface area contributed by atoms with Gasteiger partial charge in [0, 0.05) is 45.1 Å². The van der Waals surface area contributed by atoms with Crippen molar-refractivity contribution in [2.24, 2.45) is 10.3 Å². The van der Waals surface area contributed by atoms with E-state index in [0.29, 0.717) is 26.2 Å². The van der Waals surface area contributed by atoms with E-state index in [0.717, 1.165) is 12.1 Å². The normalized spacial score (nSPS) is 19.2. The molecule has 2 saturated heterocycles. The predicted octanol–water partition coefficient (Wildman–Crippen LogP) is -1.78. The second kappa shape index (κ2) is 8.52. The fourth-order valence-corrected chi connectivity index (χ4v) is 3.64. The number of rotatable bonds is 4. The zero-order valence-corrected chi connectivity index (χ0v) is 15.4. The molecule has 3 rings (SSSR count). The Bertz CT molecular complexity index is 719. The summed E-state index contributed by atoms with van der Waals surface area (Å²) >= 11 is 0. The number of nitrogens with two attached hydrogens (primary N) is 2. The van der Waals surface area contributed by atoms with Crippen LogP contribution in [0.1, 0.15) is 5.56 Å². The first-order valence-electron chi connectivity index (χ1n) is 7.01. The second-order valence-corrected chi connectivity index (χ2v) is 9.32.